The Morgan fingerprint density at radius 3 is 2.47 bits per heavy atom. The highest BCUT2D eigenvalue weighted by Crippen LogP contribution is 2.30. The van der Waals surface area contributed by atoms with Crippen LogP contribution in [0.4, 0.5) is 4.79 Å². The summed E-state index contributed by atoms with van der Waals surface area (Å²) in [6.45, 7) is 4.22. The Kier molecular flexibility index (Phi) is 2.44. The fourth-order valence-corrected chi connectivity index (χ4v) is 2.37. The van der Waals surface area contributed by atoms with Gasteiger partial charge in [-0.05, 0) is 26.7 Å². The van der Waals surface area contributed by atoms with E-state index >= 15 is 0 Å². The molecule has 1 aliphatic heterocycles. The maximum atomic E-state index is 12.1. The van der Waals surface area contributed by atoms with Gasteiger partial charge in [-0.15, -0.1) is 0 Å². The van der Waals surface area contributed by atoms with Crippen molar-refractivity contribution >= 4 is 11.9 Å². The second kappa shape index (κ2) is 3.51. The molecule has 0 atom stereocenters. The molecule has 84 valence electrons. The van der Waals surface area contributed by atoms with E-state index < -0.39 is 5.41 Å². The second-order valence-corrected chi connectivity index (χ2v) is 5.16. The maximum absolute atomic E-state index is 12.1. The second-order valence-electron chi connectivity index (χ2n) is 5.16. The molecule has 0 spiro atoms. The number of carbonyl (C=O) groups is 2. The summed E-state index contributed by atoms with van der Waals surface area (Å²) in [5.74, 6) is -0.0156. The minimum atomic E-state index is -0.448. The summed E-state index contributed by atoms with van der Waals surface area (Å²) >= 11 is 0. The van der Waals surface area contributed by atoms with Crippen LogP contribution in [-0.4, -0.2) is 29.4 Å². The van der Waals surface area contributed by atoms with Crippen molar-refractivity contribution in [2.24, 2.45) is 5.41 Å². The lowest BCUT2D eigenvalue weighted by molar-refractivity contribution is -0.140. The van der Waals surface area contributed by atoms with Crippen LogP contribution >= 0.6 is 0 Å². The fraction of sp³-hybridized carbons (Fsp3) is 0.818. The van der Waals surface area contributed by atoms with Crippen LogP contribution in [0.3, 0.4) is 0 Å². The van der Waals surface area contributed by atoms with Crippen molar-refractivity contribution in [3.63, 3.8) is 0 Å². The Labute approximate surface area is 90.0 Å². The highest BCUT2D eigenvalue weighted by atomic mass is 16.2. The molecule has 0 aromatic heterocycles. The third-order valence-corrected chi connectivity index (χ3v) is 3.39. The summed E-state index contributed by atoms with van der Waals surface area (Å²) in [6, 6.07) is -0.0664. The Hall–Kier alpha value is -1.06. The first-order valence-corrected chi connectivity index (χ1v) is 5.64. The van der Waals surface area contributed by atoms with Crippen LogP contribution in [0.15, 0.2) is 0 Å². The quantitative estimate of drug-likeness (QED) is 0.713. The van der Waals surface area contributed by atoms with Crippen molar-refractivity contribution < 1.29 is 9.59 Å². The van der Waals surface area contributed by atoms with Crippen LogP contribution < -0.4 is 5.32 Å². The molecule has 0 bridgehead atoms. The van der Waals surface area contributed by atoms with Crippen molar-refractivity contribution in [1.82, 2.24) is 10.2 Å². The monoisotopic (exact) mass is 210 g/mol. The summed E-state index contributed by atoms with van der Waals surface area (Å²) in [7, 11) is 0. The molecule has 2 fully saturated rings. The molecule has 4 nitrogen and oxygen atoms in total. The van der Waals surface area contributed by atoms with E-state index in [9.17, 15) is 9.59 Å². The molecule has 0 aromatic rings. The molecule has 3 amide bonds. The average molecular weight is 210 g/mol. The Morgan fingerprint density at radius 1 is 1.27 bits per heavy atom. The van der Waals surface area contributed by atoms with Gasteiger partial charge in [0.1, 0.15) is 0 Å². The van der Waals surface area contributed by atoms with Gasteiger partial charge in [-0.1, -0.05) is 12.8 Å². The summed E-state index contributed by atoms with van der Waals surface area (Å²) in [5, 5.41) is 2.80. The van der Waals surface area contributed by atoms with Crippen LogP contribution in [0.25, 0.3) is 0 Å². The molecule has 2 aliphatic rings. The van der Waals surface area contributed by atoms with E-state index in [2.05, 4.69) is 5.32 Å². The third-order valence-electron chi connectivity index (χ3n) is 3.39. The summed E-state index contributed by atoms with van der Waals surface area (Å²) in [6.07, 6.45) is 4.19. The summed E-state index contributed by atoms with van der Waals surface area (Å²) < 4.78 is 0. The highest BCUT2D eigenvalue weighted by molar-refractivity contribution is 6.00. The van der Waals surface area contributed by atoms with Crippen molar-refractivity contribution in [3.05, 3.63) is 0 Å². The van der Waals surface area contributed by atoms with E-state index in [4.69, 9.17) is 0 Å². The fourth-order valence-electron chi connectivity index (χ4n) is 2.37. The van der Waals surface area contributed by atoms with Gasteiger partial charge in [0.15, 0.2) is 0 Å². The molecule has 0 unspecified atom stereocenters. The zero-order valence-electron chi connectivity index (χ0n) is 9.38. The number of amides is 3. The van der Waals surface area contributed by atoms with Crippen LogP contribution in [0.5, 0.6) is 0 Å². The highest BCUT2D eigenvalue weighted by Gasteiger charge is 2.43. The molecule has 2 rings (SSSR count). The van der Waals surface area contributed by atoms with Gasteiger partial charge in [0, 0.05) is 12.6 Å². The molecule has 1 saturated heterocycles. The molecule has 15 heavy (non-hydrogen) atoms. The predicted octanol–water partition coefficient (Wildman–Crippen LogP) is 1.51. The van der Waals surface area contributed by atoms with E-state index in [-0.39, 0.29) is 18.0 Å². The number of nitrogens with one attached hydrogen (secondary N) is 1. The van der Waals surface area contributed by atoms with Gasteiger partial charge in [-0.3, -0.25) is 9.69 Å². The van der Waals surface area contributed by atoms with Crippen molar-refractivity contribution in [2.75, 3.05) is 6.54 Å². The number of rotatable bonds is 1. The molecule has 1 heterocycles. The smallest absolute Gasteiger partial charge is 0.324 e. The predicted molar refractivity (Wildman–Crippen MR) is 56.3 cm³/mol. The summed E-state index contributed by atoms with van der Waals surface area (Å²) in [4.78, 5) is 25.2. The maximum Gasteiger partial charge on any atom is 0.324 e. The molecular formula is C11H18N2O2. The van der Waals surface area contributed by atoms with E-state index in [0.29, 0.717) is 6.54 Å². The van der Waals surface area contributed by atoms with E-state index in [1.165, 1.54) is 4.90 Å². The minimum absolute atomic E-state index is 0.0156. The van der Waals surface area contributed by atoms with Gasteiger partial charge >= 0.3 is 6.03 Å². The summed E-state index contributed by atoms with van der Waals surface area (Å²) in [5.41, 5.74) is -0.448. The first-order valence-electron chi connectivity index (χ1n) is 5.64. The SMILES string of the molecule is CC1(C)CNC(=O)N(C2CCCC2)C1=O. The first-order chi connectivity index (χ1) is 7.02. The first kappa shape index (κ1) is 10.5. The van der Waals surface area contributed by atoms with Gasteiger partial charge in [0.2, 0.25) is 5.91 Å². The number of nitrogens with zero attached hydrogens (tertiary/aromatic N) is 1. The van der Waals surface area contributed by atoms with Gasteiger partial charge in [0.25, 0.3) is 0 Å². The van der Waals surface area contributed by atoms with E-state index in [0.717, 1.165) is 25.7 Å². The van der Waals surface area contributed by atoms with Crippen LogP contribution in [0.2, 0.25) is 0 Å². The largest absolute Gasteiger partial charge is 0.337 e. The molecule has 4 heteroatoms. The Morgan fingerprint density at radius 2 is 1.87 bits per heavy atom. The van der Waals surface area contributed by atoms with Crippen molar-refractivity contribution in [3.8, 4) is 0 Å². The lowest BCUT2D eigenvalue weighted by atomic mass is 9.89. The topological polar surface area (TPSA) is 49.4 Å². The zero-order valence-corrected chi connectivity index (χ0v) is 9.38. The zero-order chi connectivity index (χ0) is 11.1. The van der Waals surface area contributed by atoms with Gasteiger partial charge in [-0.25, -0.2) is 4.79 Å². The lowest BCUT2D eigenvalue weighted by Crippen LogP contribution is -2.61. The molecule has 1 saturated carbocycles. The van der Waals surface area contributed by atoms with Gasteiger partial charge < -0.3 is 5.32 Å². The molecule has 0 radical (unpaired) electrons. The third kappa shape index (κ3) is 1.73. The molecular weight excluding hydrogens is 192 g/mol. The van der Waals surface area contributed by atoms with E-state index in [1.54, 1.807) is 0 Å². The number of urea groups is 1. The molecule has 1 N–H and O–H groups in total. The van der Waals surface area contributed by atoms with E-state index in [1.807, 2.05) is 13.8 Å². The number of carbonyl (C=O) groups excluding carboxylic acids is 2. The lowest BCUT2D eigenvalue weighted by Gasteiger charge is -2.39. The molecule has 1 aliphatic carbocycles. The van der Waals surface area contributed by atoms with Crippen LogP contribution in [0.1, 0.15) is 39.5 Å². The van der Waals surface area contributed by atoms with Crippen LogP contribution in [0, 0.1) is 5.41 Å². The van der Waals surface area contributed by atoms with Crippen molar-refractivity contribution in [2.45, 2.75) is 45.6 Å². The average Bonchev–Trinajstić information content (AvgIpc) is 2.66. The number of hydrogen-bond donors (Lipinski definition) is 1. The van der Waals surface area contributed by atoms with Crippen molar-refractivity contribution in [1.29, 1.82) is 0 Å². The number of imide groups is 1. The van der Waals surface area contributed by atoms with Gasteiger partial charge in [-0.2, -0.15) is 0 Å². The number of hydrogen-bond acceptors (Lipinski definition) is 2. The molecule has 0 aromatic carbocycles. The minimum Gasteiger partial charge on any atom is -0.337 e. The van der Waals surface area contributed by atoms with Crippen LogP contribution in [-0.2, 0) is 4.79 Å². The Balaban J connectivity index is 2.19. The van der Waals surface area contributed by atoms with Gasteiger partial charge in [0.05, 0.1) is 5.41 Å². The normalized spacial score (nSPS) is 26.9. The Bertz CT molecular complexity index is 293. The standard InChI is InChI=1S/C11H18N2O2/c1-11(2)7-12-10(15)13(9(11)14)8-5-3-4-6-8/h8H,3-7H2,1-2H3,(H,12,15).